The van der Waals surface area contributed by atoms with Gasteiger partial charge in [-0.3, -0.25) is 0 Å². The van der Waals surface area contributed by atoms with Crippen molar-refractivity contribution in [2.75, 3.05) is 19.8 Å². The van der Waals surface area contributed by atoms with E-state index in [2.05, 4.69) is 41.5 Å². The van der Waals surface area contributed by atoms with Gasteiger partial charge in [-0.1, -0.05) is 48.0 Å². The molecular weight excluding hydrogens is 284 g/mol. The van der Waals surface area contributed by atoms with Gasteiger partial charge in [0.25, 0.3) is 0 Å². The smallest absolute Gasteiger partial charge is 0.0640 e. The van der Waals surface area contributed by atoms with Gasteiger partial charge in [0.1, 0.15) is 0 Å². The first-order valence-corrected chi connectivity index (χ1v) is 10.1. The summed E-state index contributed by atoms with van der Waals surface area (Å²) in [6, 6.07) is 0. The lowest BCUT2D eigenvalue weighted by Gasteiger charge is -2.44. The molecule has 136 valence electrons. The number of hydrogen-bond donors (Lipinski definition) is 0. The monoisotopic (exact) mass is 324 g/mol. The van der Waals surface area contributed by atoms with E-state index in [0.717, 1.165) is 25.7 Å². The molecule has 2 nitrogen and oxygen atoms in total. The Morgan fingerprint density at radius 1 is 0.696 bits per heavy atom. The molecule has 2 heterocycles. The summed E-state index contributed by atoms with van der Waals surface area (Å²) in [5, 5.41) is 0. The Morgan fingerprint density at radius 2 is 1.35 bits per heavy atom. The topological polar surface area (TPSA) is 18.5 Å². The Bertz CT molecular complexity index is 319. The molecule has 0 aliphatic carbocycles. The van der Waals surface area contributed by atoms with Crippen molar-refractivity contribution in [3.8, 4) is 0 Å². The van der Waals surface area contributed by atoms with Gasteiger partial charge in [-0.15, -0.1) is 0 Å². The summed E-state index contributed by atoms with van der Waals surface area (Å²) in [6.45, 7) is 17.2. The van der Waals surface area contributed by atoms with E-state index < -0.39 is 0 Å². The Hall–Kier alpha value is -0.0800. The predicted octanol–water partition coefficient (Wildman–Crippen LogP) is 5.41. The van der Waals surface area contributed by atoms with E-state index in [9.17, 15) is 0 Å². The summed E-state index contributed by atoms with van der Waals surface area (Å²) >= 11 is 0. The van der Waals surface area contributed by atoms with Gasteiger partial charge in [0.15, 0.2) is 0 Å². The van der Waals surface area contributed by atoms with Gasteiger partial charge >= 0.3 is 0 Å². The SMILES string of the molecule is CC(C)C1CCCCOC1C1C(C(C)C)CCOCC1C(C)C. The molecule has 0 aromatic heterocycles. The first-order chi connectivity index (χ1) is 10.9. The molecule has 0 radical (unpaired) electrons. The van der Waals surface area contributed by atoms with Gasteiger partial charge < -0.3 is 9.47 Å². The van der Waals surface area contributed by atoms with Crippen molar-refractivity contribution in [1.29, 1.82) is 0 Å². The van der Waals surface area contributed by atoms with Crippen LogP contribution in [0.3, 0.4) is 0 Å². The van der Waals surface area contributed by atoms with Crippen molar-refractivity contribution >= 4 is 0 Å². The zero-order valence-corrected chi connectivity index (χ0v) is 16.4. The maximum absolute atomic E-state index is 6.58. The lowest BCUT2D eigenvalue weighted by molar-refractivity contribution is -0.0814. The minimum atomic E-state index is 0.430. The zero-order chi connectivity index (χ0) is 17.0. The largest absolute Gasteiger partial charge is 0.381 e. The quantitative estimate of drug-likeness (QED) is 0.688. The summed E-state index contributed by atoms with van der Waals surface area (Å²) in [5.74, 6) is 4.82. The summed E-state index contributed by atoms with van der Waals surface area (Å²) in [7, 11) is 0. The summed E-state index contributed by atoms with van der Waals surface area (Å²) in [5.41, 5.74) is 0. The molecule has 0 spiro atoms. The second-order valence-electron chi connectivity index (χ2n) is 9.00. The Morgan fingerprint density at radius 3 is 1.96 bits per heavy atom. The molecule has 0 N–H and O–H groups in total. The van der Waals surface area contributed by atoms with Crippen LogP contribution in [0.1, 0.15) is 67.2 Å². The fourth-order valence-electron chi connectivity index (χ4n) is 5.06. The fourth-order valence-corrected chi connectivity index (χ4v) is 5.06. The minimum absolute atomic E-state index is 0.430. The fraction of sp³-hybridized carbons (Fsp3) is 1.00. The lowest BCUT2D eigenvalue weighted by Crippen LogP contribution is -2.45. The highest BCUT2D eigenvalue weighted by Gasteiger charge is 2.44. The maximum Gasteiger partial charge on any atom is 0.0640 e. The van der Waals surface area contributed by atoms with Crippen LogP contribution >= 0.6 is 0 Å². The third-order valence-corrected chi connectivity index (χ3v) is 6.51. The van der Waals surface area contributed by atoms with E-state index in [1.54, 1.807) is 0 Å². The van der Waals surface area contributed by atoms with Crippen LogP contribution < -0.4 is 0 Å². The van der Waals surface area contributed by atoms with Gasteiger partial charge in [0.2, 0.25) is 0 Å². The van der Waals surface area contributed by atoms with E-state index in [0.29, 0.717) is 41.6 Å². The molecule has 2 fully saturated rings. The molecule has 2 aliphatic heterocycles. The first kappa shape index (κ1) is 19.2. The van der Waals surface area contributed by atoms with Crippen LogP contribution in [0.25, 0.3) is 0 Å². The van der Waals surface area contributed by atoms with E-state index in [1.807, 2.05) is 0 Å². The Kier molecular flexibility index (Phi) is 7.41. The average Bonchev–Trinajstić information content (AvgIpc) is 2.84. The van der Waals surface area contributed by atoms with Gasteiger partial charge in [-0.2, -0.15) is 0 Å². The minimum Gasteiger partial charge on any atom is -0.381 e. The van der Waals surface area contributed by atoms with Crippen LogP contribution in [-0.2, 0) is 9.47 Å². The normalized spacial score (nSPS) is 37.2. The third-order valence-electron chi connectivity index (χ3n) is 6.51. The average molecular weight is 325 g/mol. The molecule has 2 aliphatic rings. The second-order valence-corrected chi connectivity index (χ2v) is 9.00. The summed E-state index contributed by atoms with van der Waals surface area (Å²) < 4.78 is 12.6. The van der Waals surface area contributed by atoms with Crippen molar-refractivity contribution in [1.82, 2.24) is 0 Å². The molecule has 0 saturated carbocycles. The summed E-state index contributed by atoms with van der Waals surface area (Å²) in [6.07, 6.45) is 5.55. The standard InChI is InChI=1S/C21H40O2/c1-14(2)17-10-12-22-13-19(16(5)6)20(17)21-18(15(3)4)9-7-8-11-23-21/h14-21H,7-13H2,1-6H3. The van der Waals surface area contributed by atoms with Crippen LogP contribution in [0.2, 0.25) is 0 Å². The van der Waals surface area contributed by atoms with Gasteiger partial charge in [0, 0.05) is 19.8 Å². The second kappa shape index (κ2) is 8.85. The van der Waals surface area contributed by atoms with Crippen LogP contribution in [0, 0.1) is 41.4 Å². The molecule has 2 rings (SSSR count). The van der Waals surface area contributed by atoms with Gasteiger partial charge in [0.05, 0.1) is 6.10 Å². The Balaban J connectivity index is 2.35. The molecule has 2 heteroatoms. The number of ether oxygens (including phenoxy) is 2. The van der Waals surface area contributed by atoms with E-state index in [4.69, 9.17) is 9.47 Å². The molecular formula is C21H40O2. The molecule has 0 aromatic rings. The third kappa shape index (κ3) is 4.72. The summed E-state index contributed by atoms with van der Waals surface area (Å²) in [4.78, 5) is 0. The van der Waals surface area contributed by atoms with Gasteiger partial charge in [-0.25, -0.2) is 0 Å². The van der Waals surface area contributed by atoms with Crippen molar-refractivity contribution in [3.05, 3.63) is 0 Å². The molecule has 5 unspecified atom stereocenters. The van der Waals surface area contributed by atoms with E-state index in [1.165, 1.54) is 25.7 Å². The van der Waals surface area contributed by atoms with Crippen LogP contribution in [0.4, 0.5) is 0 Å². The highest BCUT2D eigenvalue weighted by Crippen LogP contribution is 2.44. The molecule has 0 aromatic carbocycles. The van der Waals surface area contributed by atoms with E-state index in [-0.39, 0.29) is 0 Å². The van der Waals surface area contributed by atoms with Crippen molar-refractivity contribution in [2.45, 2.75) is 73.3 Å². The van der Waals surface area contributed by atoms with Crippen molar-refractivity contribution in [2.24, 2.45) is 41.4 Å². The zero-order valence-electron chi connectivity index (χ0n) is 16.4. The Labute approximate surface area is 144 Å². The maximum atomic E-state index is 6.58. The molecule has 5 atom stereocenters. The molecule has 0 amide bonds. The number of hydrogen-bond acceptors (Lipinski definition) is 2. The molecule has 0 bridgehead atoms. The molecule has 2 saturated heterocycles. The van der Waals surface area contributed by atoms with E-state index >= 15 is 0 Å². The molecule has 23 heavy (non-hydrogen) atoms. The van der Waals surface area contributed by atoms with Gasteiger partial charge in [-0.05, 0) is 60.7 Å². The van der Waals surface area contributed by atoms with Crippen LogP contribution in [-0.4, -0.2) is 25.9 Å². The lowest BCUT2D eigenvalue weighted by atomic mass is 9.65. The highest BCUT2D eigenvalue weighted by atomic mass is 16.5. The van der Waals surface area contributed by atoms with Crippen LogP contribution in [0.5, 0.6) is 0 Å². The van der Waals surface area contributed by atoms with Crippen LogP contribution in [0.15, 0.2) is 0 Å². The van der Waals surface area contributed by atoms with Crippen molar-refractivity contribution in [3.63, 3.8) is 0 Å². The first-order valence-electron chi connectivity index (χ1n) is 10.1. The highest BCUT2D eigenvalue weighted by molar-refractivity contribution is 4.92. The number of rotatable bonds is 4. The van der Waals surface area contributed by atoms with Crippen molar-refractivity contribution < 1.29 is 9.47 Å². The predicted molar refractivity (Wildman–Crippen MR) is 97.5 cm³/mol.